The summed E-state index contributed by atoms with van der Waals surface area (Å²) in [7, 11) is 0. The van der Waals surface area contributed by atoms with Crippen molar-refractivity contribution < 1.29 is 0 Å². The first-order chi connectivity index (χ1) is 9.85. The molecular weight excluding hydrogens is 242 g/mol. The third-order valence-electron chi connectivity index (χ3n) is 6.28. The molecule has 108 valence electrons. The smallest absolute Gasteiger partial charge is 0.0328 e. The molecule has 1 heteroatoms. The Morgan fingerprint density at radius 1 is 0.900 bits per heavy atom. The van der Waals surface area contributed by atoms with Crippen molar-refractivity contribution in [2.75, 3.05) is 0 Å². The van der Waals surface area contributed by atoms with Crippen LogP contribution < -0.4 is 5.32 Å². The molecule has 3 aliphatic carbocycles. The summed E-state index contributed by atoms with van der Waals surface area (Å²) < 4.78 is 0. The highest BCUT2D eigenvalue weighted by Crippen LogP contribution is 2.49. The van der Waals surface area contributed by atoms with Crippen LogP contribution in [-0.2, 0) is 6.42 Å². The quantitative estimate of drug-likeness (QED) is 0.815. The maximum atomic E-state index is 3.98. The van der Waals surface area contributed by atoms with E-state index in [1.165, 1.54) is 64.2 Å². The maximum Gasteiger partial charge on any atom is 0.0328 e. The lowest BCUT2D eigenvalue weighted by molar-refractivity contribution is 0.162. The van der Waals surface area contributed by atoms with E-state index in [4.69, 9.17) is 0 Å². The number of rotatable bonds is 2. The van der Waals surface area contributed by atoms with Crippen LogP contribution in [0, 0.1) is 5.41 Å². The van der Waals surface area contributed by atoms with Crippen molar-refractivity contribution in [3.63, 3.8) is 0 Å². The number of aryl methyl sites for hydroxylation is 1. The van der Waals surface area contributed by atoms with E-state index in [0.717, 1.165) is 11.5 Å². The summed E-state index contributed by atoms with van der Waals surface area (Å²) in [5.74, 6) is 0. The maximum absolute atomic E-state index is 3.98. The largest absolute Gasteiger partial charge is 0.307 e. The van der Waals surface area contributed by atoms with Gasteiger partial charge in [-0.05, 0) is 67.9 Å². The zero-order valence-electron chi connectivity index (χ0n) is 12.5. The zero-order valence-corrected chi connectivity index (χ0v) is 12.5. The fourth-order valence-electron chi connectivity index (χ4n) is 5.04. The highest BCUT2D eigenvalue weighted by atomic mass is 15.0. The van der Waals surface area contributed by atoms with E-state index >= 15 is 0 Å². The normalized spacial score (nSPS) is 28.9. The van der Waals surface area contributed by atoms with Gasteiger partial charge in [0.15, 0.2) is 0 Å². The van der Waals surface area contributed by atoms with Gasteiger partial charge in [0.25, 0.3) is 0 Å². The molecule has 0 aromatic heterocycles. The molecule has 1 unspecified atom stereocenters. The Morgan fingerprint density at radius 3 is 2.45 bits per heavy atom. The van der Waals surface area contributed by atoms with Gasteiger partial charge in [-0.2, -0.15) is 0 Å². The van der Waals surface area contributed by atoms with Crippen LogP contribution in [0.4, 0.5) is 0 Å². The number of hydrogen-bond acceptors (Lipinski definition) is 1. The molecule has 0 saturated heterocycles. The van der Waals surface area contributed by atoms with Gasteiger partial charge in [0.1, 0.15) is 0 Å². The van der Waals surface area contributed by atoms with Gasteiger partial charge in [0, 0.05) is 12.1 Å². The fraction of sp³-hybridized carbons (Fsp3) is 0.684. The molecule has 0 aliphatic heterocycles. The lowest BCUT2D eigenvalue weighted by Crippen LogP contribution is -2.38. The Labute approximate surface area is 123 Å². The molecule has 0 bridgehead atoms. The van der Waals surface area contributed by atoms with Gasteiger partial charge in [-0.3, -0.25) is 0 Å². The van der Waals surface area contributed by atoms with Crippen LogP contribution in [0.15, 0.2) is 24.3 Å². The first-order valence-corrected chi connectivity index (χ1v) is 8.69. The van der Waals surface area contributed by atoms with Gasteiger partial charge in [-0.25, -0.2) is 0 Å². The summed E-state index contributed by atoms with van der Waals surface area (Å²) >= 11 is 0. The summed E-state index contributed by atoms with van der Waals surface area (Å²) in [6.45, 7) is 0. The van der Waals surface area contributed by atoms with Crippen molar-refractivity contribution >= 4 is 0 Å². The third kappa shape index (κ3) is 2.30. The number of fused-ring (bicyclic) bond motifs is 1. The molecule has 20 heavy (non-hydrogen) atoms. The highest BCUT2D eigenvalue weighted by Gasteiger charge is 2.38. The Balaban J connectivity index is 1.37. The molecule has 1 N–H and O–H groups in total. The second kappa shape index (κ2) is 5.18. The van der Waals surface area contributed by atoms with Gasteiger partial charge in [-0.15, -0.1) is 0 Å². The molecular formula is C19H27N. The summed E-state index contributed by atoms with van der Waals surface area (Å²) in [5, 5.41) is 3.98. The van der Waals surface area contributed by atoms with Crippen LogP contribution in [0.3, 0.4) is 0 Å². The second-order valence-electron chi connectivity index (χ2n) is 7.44. The summed E-state index contributed by atoms with van der Waals surface area (Å²) in [4.78, 5) is 0. The Bertz CT molecular complexity index is 462. The molecule has 2 fully saturated rings. The predicted octanol–water partition coefficient (Wildman–Crippen LogP) is 4.77. The number of hydrogen-bond donors (Lipinski definition) is 1. The molecule has 2 saturated carbocycles. The molecule has 1 nitrogen and oxygen atoms in total. The van der Waals surface area contributed by atoms with E-state index in [9.17, 15) is 0 Å². The molecule has 4 rings (SSSR count). The first-order valence-electron chi connectivity index (χ1n) is 8.69. The standard InChI is InChI=1S/C19H27N/c1-2-6-17-15(5-1)7-8-18(17)20-16-9-13-19(14-10-16)11-3-4-12-19/h1-2,5-6,16,18,20H,3-4,7-14H2. The highest BCUT2D eigenvalue weighted by molar-refractivity contribution is 5.34. The van der Waals surface area contributed by atoms with E-state index in [2.05, 4.69) is 29.6 Å². The zero-order chi connectivity index (χ0) is 13.4. The van der Waals surface area contributed by atoms with Crippen LogP contribution in [0.2, 0.25) is 0 Å². The van der Waals surface area contributed by atoms with E-state index < -0.39 is 0 Å². The third-order valence-corrected chi connectivity index (χ3v) is 6.28. The predicted molar refractivity (Wildman–Crippen MR) is 83.8 cm³/mol. The van der Waals surface area contributed by atoms with Crippen molar-refractivity contribution in [3.8, 4) is 0 Å². The van der Waals surface area contributed by atoms with Crippen LogP contribution in [0.5, 0.6) is 0 Å². The first kappa shape index (κ1) is 12.9. The molecule has 1 spiro atoms. The average Bonchev–Trinajstić information content (AvgIpc) is 3.10. The Morgan fingerprint density at radius 2 is 1.65 bits per heavy atom. The van der Waals surface area contributed by atoms with Gasteiger partial charge >= 0.3 is 0 Å². The minimum Gasteiger partial charge on any atom is -0.307 e. The molecule has 0 radical (unpaired) electrons. The van der Waals surface area contributed by atoms with E-state index in [-0.39, 0.29) is 0 Å². The fourth-order valence-corrected chi connectivity index (χ4v) is 5.04. The summed E-state index contributed by atoms with van der Waals surface area (Å²) in [6.07, 6.45) is 14.4. The van der Waals surface area contributed by atoms with Crippen LogP contribution in [0.25, 0.3) is 0 Å². The van der Waals surface area contributed by atoms with Crippen molar-refractivity contribution in [2.45, 2.75) is 76.3 Å². The summed E-state index contributed by atoms with van der Waals surface area (Å²) in [6, 6.07) is 10.4. The molecule has 0 heterocycles. The van der Waals surface area contributed by atoms with E-state index in [0.29, 0.717) is 6.04 Å². The molecule has 1 aromatic carbocycles. The van der Waals surface area contributed by atoms with Crippen LogP contribution in [-0.4, -0.2) is 6.04 Å². The van der Waals surface area contributed by atoms with E-state index in [1.807, 2.05) is 0 Å². The van der Waals surface area contributed by atoms with Crippen molar-refractivity contribution in [3.05, 3.63) is 35.4 Å². The monoisotopic (exact) mass is 269 g/mol. The van der Waals surface area contributed by atoms with Crippen molar-refractivity contribution in [2.24, 2.45) is 5.41 Å². The summed E-state index contributed by atoms with van der Waals surface area (Å²) in [5.41, 5.74) is 3.92. The second-order valence-corrected chi connectivity index (χ2v) is 7.44. The molecule has 1 aromatic rings. The Kier molecular flexibility index (Phi) is 3.34. The number of nitrogens with one attached hydrogen (secondary N) is 1. The van der Waals surface area contributed by atoms with Crippen molar-refractivity contribution in [1.29, 1.82) is 0 Å². The topological polar surface area (TPSA) is 12.0 Å². The van der Waals surface area contributed by atoms with Gasteiger partial charge in [0.05, 0.1) is 0 Å². The van der Waals surface area contributed by atoms with Crippen LogP contribution in [0.1, 0.15) is 75.0 Å². The van der Waals surface area contributed by atoms with Gasteiger partial charge in [-0.1, -0.05) is 37.1 Å². The minimum absolute atomic E-state index is 0.633. The SMILES string of the molecule is c1ccc2c(c1)CCC2NC1CCC2(CCCC2)CC1. The van der Waals surface area contributed by atoms with Crippen molar-refractivity contribution in [1.82, 2.24) is 5.32 Å². The Hall–Kier alpha value is -0.820. The van der Waals surface area contributed by atoms with Gasteiger partial charge < -0.3 is 5.32 Å². The van der Waals surface area contributed by atoms with Crippen LogP contribution >= 0.6 is 0 Å². The van der Waals surface area contributed by atoms with E-state index in [1.54, 1.807) is 11.1 Å². The number of benzene rings is 1. The minimum atomic E-state index is 0.633. The molecule has 3 aliphatic rings. The molecule has 0 amide bonds. The average molecular weight is 269 g/mol. The molecule has 1 atom stereocenters. The lowest BCUT2D eigenvalue weighted by atomic mass is 9.71. The van der Waals surface area contributed by atoms with Gasteiger partial charge in [0.2, 0.25) is 0 Å². The lowest BCUT2D eigenvalue weighted by Gasteiger charge is -2.38.